The minimum Gasteiger partial charge on any atom is -0.352 e. The van der Waals surface area contributed by atoms with Crippen molar-refractivity contribution < 1.29 is 13.2 Å². The SMILES string of the molecule is Cc1ccc(C(C)(C)C(=O)NC2CCS(=O)(=O)C2)cc1. The summed E-state index contributed by atoms with van der Waals surface area (Å²) in [6, 6.07) is 7.59. The number of amides is 1. The summed E-state index contributed by atoms with van der Waals surface area (Å²) in [7, 11) is -2.97. The molecule has 0 saturated carbocycles. The second-order valence-electron chi connectivity index (χ2n) is 6.06. The van der Waals surface area contributed by atoms with Gasteiger partial charge in [0.15, 0.2) is 9.84 Å². The fourth-order valence-corrected chi connectivity index (χ4v) is 4.05. The largest absolute Gasteiger partial charge is 0.352 e. The molecule has 0 radical (unpaired) electrons. The van der Waals surface area contributed by atoms with Crippen LogP contribution in [0.2, 0.25) is 0 Å². The van der Waals surface area contributed by atoms with Gasteiger partial charge in [-0.3, -0.25) is 4.79 Å². The minimum atomic E-state index is -2.97. The fourth-order valence-electron chi connectivity index (χ4n) is 2.38. The monoisotopic (exact) mass is 295 g/mol. The van der Waals surface area contributed by atoms with Gasteiger partial charge in [0.05, 0.1) is 16.9 Å². The molecule has 1 aromatic carbocycles. The van der Waals surface area contributed by atoms with Crippen LogP contribution in [0.5, 0.6) is 0 Å². The summed E-state index contributed by atoms with van der Waals surface area (Å²) < 4.78 is 22.9. The fraction of sp³-hybridized carbons (Fsp3) is 0.533. The first-order chi connectivity index (χ1) is 9.21. The van der Waals surface area contributed by atoms with Gasteiger partial charge in [-0.1, -0.05) is 29.8 Å². The van der Waals surface area contributed by atoms with Crippen LogP contribution in [-0.4, -0.2) is 31.9 Å². The lowest BCUT2D eigenvalue weighted by atomic mass is 9.83. The van der Waals surface area contributed by atoms with Crippen LogP contribution in [0.1, 0.15) is 31.4 Å². The number of rotatable bonds is 3. The van der Waals surface area contributed by atoms with E-state index >= 15 is 0 Å². The molecule has 1 heterocycles. The van der Waals surface area contributed by atoms with Gasteiger partial charge >= 0.3 is 0 Å². The Hall–Kier alpha value is -1.36. The topological polar surface area (TPSA) is 63.2 Å². The summed E-state index contributed by atoms with van der Waals surface area (Å²) in [6.45, 7) is 5.72. The lowest BCUT2D eigenvalue weighted by molar-refractivity contribution is -0.126. The van der Waals surface area contributed by atoms with Gasteiger partial charge in [0, 0.05) is 6.04 Å². The molecular formula is C15H21NO3S. The average molecular weight is 295 g/mol. The highest BCUT2D eigenvalue weighted by Crippen LogP contribution is 2.24. The normalized spacial score (nSPS) is 21.6. The van der Waals surface area contributed by atoms with Crippen molar-refractivity contribution in [2.75, 3.05) is 11.5 Å². The Balaban J connectivity index is 2.09. The van der Waals surface area contributed by atoms with Crippen molar-refractivity contribution in [1.29, 1.82) is 0 Å². The van der Waals surface area contributed by atoms with Crippen molar-refractivity contribution in [3.8, 4) is 0 Å². The van der Waals surface area contributed by atoms with Crippen molar-refractivity contribution in [1.82, 2.24) is 5.32 Å². The number of sulfone groups is 1. The summed E-state index contributed by atoms with van der Waals surface area (Å²) in [5, 5.41) is 2.87. The predicted molar refractivity (Wildman–Crippen MR) is 79.4 cm³/mol. The van der Waals surface area contributed by atoms with E-state index in [-0.39, 0.29) is 23.5 Å². The van der Waals surface area contributed by atoms with E-state index in [1.807, 2.05) is 45.0 Å². The number of benzene rings is 1. The number of hydrogen-bond donors (Lipinski definition) is 1. The highest BCUT2D eigenvalue weighted by Gasteiger charge is 2.34. The maximum Gasteiger partial charge on any atom is 0.230 e. The van der Waals surface area contributed by atoms with Crippen molar-refractivity contribution in [2.24, 2.45) is 0 Å². The van der Waals surface area contributed by atoms with E-state index in [0.717, 1.165) is 11.1 Å². The van der Waals surface area contributed by atoms with Crippen molar-refractivity contribution in [3.05, 3.63) is 35.4 Å². The number of carbonyl (C=O) groups excluding carboxylic acids is 1. The van der Waals surface area contributed by atoms with Gasteiger partial charge in [0.25, 0.3) is 0 Å². The molecule has 0 aromatic heterocycles. The summed E-state index contributed by atoms with van der Waals surface area (Å²) in [5.41, 5.74) is 1.41. The lowest BCUT2D eigenvalue weighted by Crippen LogP contribution is -2.45. The molecule has 2 rings (SSSR count). The van der Waals surface area contributed by atoms with Crippen molar-refractivity contribution >= 4 is 15.7 Å². The molecular weight excluding hydrogens is 274 g/mol. The van der Waals surface area contributed by atoms with E-state index in [9.17, 15) is 13.2 Å². The van der Waals surface area contributed by atoms with Crippen molar-refractivity contribution in [2.45, 2.75) is 38.6 Å². The zero-order valence-electron chi connectivity index (χ0n) is 12.1. The Morgan fingerprint density at radius 1 is 1.25 bits per heavy atom. The summed E-state index contributed by atoms with van der Waals surface area (Å²) >= 11 is 0. The molecule has 5 heteroatoms. The molecule has 20 heavy (non-hydrogen) atoms. The standard InChI is InChI=1S/C15H21NO3S/c1-11-4-6-12(7-5-11)15(2,3)14(17)16-13-8-9-20(18,19)10-13/h4-7,13H,8-10H2,1-3H3,(H,16,17). The van der Waals surface area contributed by atoms with E-state index in [1.54, 1.807) is 0 Å². The quantitative estimate of drug-likeness (QED) is 0.921. The Bertz CT molecular complexity index is 603. The molecule has 1 fully saturated rings. The van der Waals surface area contributed by atoms with Gasteiger partial charge in [-0.15, -0.1) is 0 Å². The Labute approximate surface area is 120 Å². The van der Waals surface area contributed by atoms with Crippen LogP contribution in [-0.2, 0) is 20.0 Å². The molecule has 0 aliphatic carbocycles. The molecule has 1 amide bonds. The average Bonchev–Trinajstić information content (AvgIpc) is 2.69. The molecule has 1 aliphatic rings. The highest BCUT2D eigenvalue weighted by molar-refractivity contribution is 7.91. The maximum atomic E-state index is 12.4. The third-order valence-electron chi connectivity index (χ3n) is 3.91. The van der Waals surface area contributed by atoms with Gasteiger partial charge in [-0.25, -0.2) is 8.42 Å². The Morgan fingerprint density at radius 3 is 2.35 bits per heavy atom. The first kappa shape index (κ1) is 15.0. The second-order valence-corrected chi connectivity index (χ2v) is 8.29. The zero-order valence-corrected chi connectivity index (χ0v) is 13.0. The maximum absolute atomic E-state index is 12.4. The molecule has 1 N–H and O–H groups in total. The summed E-state index contributed by atoms with van der Waals surface area (Å²) in [4.78, 5) is 12.4. The van der Waals surface area contributed by atoms with Crippen LogP contribution in [0.25, 0.3) is 0 Å². The number of hydrogen-bond acceptors (Lipinski definition) is 3. The van der Waals surface area contributed by atoms with Crippen LogP contribution in [0.4, 0.5) is 0 Å². The molecule has 1 aromatic rings. The van der Waals surface area contributed by atoms with Crippen LogP contribution in [0.3, 0.4) is 0 Å². The molecule has 1 aliphatic heterocycles. The minimum absolute atomic E-state index is 0.0583. The number of nitrogens with one attached hydrogen (secondary N) is 1. The van der Waals surface area contributed by atoms with Gasteiger partial charge < -0.3 is 5.32 Å². The molecule has 1 saturated heterocycles. The second kappa shape index (κ2) is 5.20. The first-order valence-corrected chi connectivity index (χ1v) is 8.61. The molecule has 4 nitrogen and oxygen atoms in total. The molecule has 0 spiro atoms. The number of aryl methyl sites for hydroxylation is 1. The van der Waals surface area contributed by atoms with Gasteiger partial charge in [-0.2, -0.15) is 0 Å². The van der Waals surface area contributed by atoms with Gasteiger partial charge in [-0.05, 0) is 32.8 Å². The third-order valence-corrected chi connectivity index (χ3v) is 5.68. The zero-order chi connectivity index (χ0) is 15.0. The van der Waals surface area contributed by atoms with Gasteiger partial charge in [0.1, 0.15) is 0 Å². The summed E-state index contributed by atoms with van der Waals surface area (Å²) in [6.07, 6.45) is 0.512. The smallest absolute Gasteiger partial charge is 0.230 e. The van der Waals surface area contributed by atoms with Crippen LogP contribution in [0, 0.1) is 6.92 Å². The van der Waals surface area contributed by atoms with Crippen molar-refractivity contribution in [3.63, 3.8) is 0 Å². The summed E-state index contributed by atoms with van der Waals surface area (Å²) in [5.74, 6) is 0.106. The first-order valence-electron chi connectivity index (χ1n) is 6.79. The number of carbonyl (C=O) groups is 1. The van der Waals surface area contributed by atoms with Crippen LogP contribution < -0.4 is 5.32 Å². The molecule has 0 bridgehead atoms. The third kappa shape index (κ3) is 3.20. The predicted octanol–water partition coefficient (Wildman–Crippen LogP) is 1.58. The molecule has 1 unspecified atom stereocenters. The lowest BCUT2D eigenvalue weighted by Gasteiger charge is -2.26. The van der Waals surface area contributed by atoms with E-state index in [1.165, 1.54) is 0 Å². The van der Waals surface area contributed by atoms with Crippen LogP contribution >= 0.6 is 0 Å². The highest BCUT2D eigenvalue weighted by atomic mass is 32.2. The molecule has 110 valence electrons. The van der Waals surface area contributed by atoms with E-state index in [2.05, 4.69) is 5.32 Å². The van der Waals surface area contributed by atoms with Gasteiger partial charge in [0.2, 0.25) is 5.91 Å². The molecule has 1 atom stereocenters. The van der Waals surface area contributed by atoms with E-state index < -0.39 is 15.3 Å². The van der Waals surface area contributed by atoms with Crippen LogP contribution in [0.15, 0.2) is 24.3 Å². The Kier molecular flexibility index (Phi) is 3.91. The van der Waals surface area contributed by atoms with E-state index in [4.69, 9.17) is 0 Å². The Morgan fingerprint density at radius 2 is 1.85 bits per heavy atom. The van der Waals surface area contributed by atoms with E-state index in [0.29, 0.717) is 6.42 Å².